The van der Waals surface area contributed by atoms with Crippen LogP contribution in [0.2, 0.25) is 0 Å². The van der Waals surface area contributed by atoms with Crippen LogP contribution in [0, 0.1) is 0 Å². The summed E-state index contributed by atoms with van der Waals surface area (Å²) in [7, 11) is 2.13. The number of hydrogen-bond acceptors (Lipinski definition) is 2. The lowest BCUT2D eigenvalue weighted by atomic mass is 9.88. The maximum absolute atomic E-state index is 10.3. The van der Waals surface area contributed by atoms with Gasteiger partial charge >= 0.3 is 0 Å². The Balaban J connectivity index is 0.000000159. The van der Waals surface area contributed by atoms with Crippen LogP contribution >= 0.6 is 0 Å². The molecule has 4 rings (SSSR count). The number of amides is 1. The second kappa shape index (κ2) is 9.56. The first-order chi connectivity index (χ1) is 13.2. The molecule has 0 heterocycles. The fourth-order valence-electron chi connectivity index (χ4n) is 4.27. The van der Waals surface area contributed by atoms with Gasteiger partial charge < -0.3 is 20.5 Å². The molecule has 2 aromatic carbocycles. The number of quaternary nitrogens is 1. The zero-order valence-corrected chi connectivity index (χ0v) is 16.2. The van der Waals surface area contributed by atoms with Gasteiger partial charge in [0.05, 0.1) is 7.05 Å². The molecule has 2 aromatic rings. The van der Waals surface area contributed by atoms with E-state index in [-0.39, 0.29) is 0 Å². The standard InChI is InChI=1S/C12H15NO2.C11H15N/c14-12(15)13-8-10-6-3-5-9-4-1-2-7-11(9)10;1-12-11-8-4-6-9-5-2-3-7-10(9)11/h3,5-6,13H,1-2,4,7-8H2,(H,14,15);4,6,8,12H,2-3,5,7H2,1H3. The molecule has 0 saturated heterocycles. The van der Waals surface area contributed by atoms with E-state index in [0.29, 0.717) is 6.54 Å². The molecule has 4 nitrogen and oxygen atoms in total. The molecule has 4 heteroatoms. The van der Waals surface area contributed by atoms with Gasteiger partial charge in [-0.3, -0.25) is 0 Å². The topological polar surface area (TPSA) is 68.8 Å². The Hall–Kier alpha value is -2.33. The van der Waals surface area contributed by atoms with Gasteiger partial charge in [0, 0.05) is 12.1 Å². The molecule has 0 aromatic heterocycles. The molecule has 1 amide bonds. The summed E-state index contributed by atoms with van der Waals surface area (Å²) < 4.78 is 0. The number of nitrogens with one attached hydrogen (secondary N) is 1. The van der Waals surface area contributed by atoms with E-state index in [9.17, 15) is 9.90 Å². The monoisotopic (exact) mass is 366 g/mol. The van der Waals surface area contributed by atoms with Crippen molar-refractivity contribution in [1.82, 2.24) is 5.32 Å². The average molecular weight is 367 g/mol. The van der Waals surface area contributed by atoms with Crippen LogP contribution in [0.15, 0.2) is 36.4 Å². The van der Waals surface area contributed by atoms with E-state index in [4.69, 9.17) is 0 Å². The zero-order valence-electron chi connectivity index (χ0n) is 16.2. The van der Waals surface area contributed by atoms with Crippen molar-refractivity contribution in [3.63, 3.8) is 0 Å². The van der Waals surface area contributed by atoms with Crippen LogP contribution in [-0.2, 0) is 32.2 Å². The largest absolute Gasteiger partial charge is 0.530 e. The lowest BCUT2D eigenvalue weighted by Gasteiger charge is -2.19. The first-order valence-electron chi connectivity index (χ1n) is 10.1. The van der Waals surface area contributed by atoms with Crippen LogP contribution in [0.25, 0.3) is 0 Å². The Morgan fingerprint density at radius 3 is 2.19 bits per heavy atom. The highest BCUT2D eigenvalue weighted by Gasteiger charge is 2.14. The van der Waals surface area contributed by atoms with Crippen molar-refractivity contribution in [1.29, 1.82) is 0 Å². The summed E-state index contributed by atoms with van der Waals surface area (Å²) in [5, 5.41) is 14.9. The number of aryl methyl sites for hydroxylation is 2. The van der Waals surface area contributed by atoms with Crippen molar-refractivity contribution in [2.75, 3.05) is 7.05 Å². The second-order valence-corrected chi connectivity index (χ2v) is 7.38. The smallest absolute Gasteiger partial charge is 0.134 e. The van der Waals surface area contributed by atoms with Crippen LogP contribution in [0.1, 0.15) is 53.5 Å². The zero-order chi connectivity index (χ0) is 19.1. The Bertz CT molecular complexity index is 772. The normalized spacial score (nSPS) is 15.0. The summed E-state index contributed by atoms with van der Waals surface area (Å²) in [5.74, 6) is 0. The first-order valence-corrected chi connectivity index (χ1v) is 10.1. The highest BCUT2D eigenvalue weighted by Crippen LogP contribution is 2.25. The molecule has 3 N–H and O–H groups in total. The molecule has 27 heavy (non-hydrogen) atoms. The molecule has 0 bridgehead atoms. The van der Waals surface area contributed by atoms with Crippen LogP contribution in [0.4, 0.5) is 10.5 Å². The lowest BCUT2D eigenvalue weighted by molar-refractivity contribution is -0.540. The molecule has 2 aliphatic rings. The van der Waals surface area contributed by atoms with Crippen molar-refractivity contribution in [3.8, 4) is 0 Å². The summed E-state index contributed by atoms with van der Waals surface area (Å²) in [4.78, 5) is 10.3. The number of carbonyl (C=O) groups is 1. The van der Waals surface area contributed by atoms with Gasteiger partial charge in [-0.05, 0) is 79.7 Å². The van der Waals surface area contributed by atoms with Crippen LogP contribution in [0.5, 0.6) is 0 Å². The molecule has 0 saturated carbocycles. The van der Waals surface area contributed by atoms with Gasteiger partial charge in [0.25, 0.3) is 0 Å². The van der Waals surface area contributed by atoms with Crippen molar-refractivity contribution in [2.24, 2.45) is 0 Å². The van der Waals surface area contributed by atoms with Crippen molar-refractivity contribution in [2.45, 2.75) is 57.9 Å². The quantitative estimate of drug-likeness (QED) is 0.819. The third-order valence-electron chi connectivity index (χ3n) is 5.66. The Morgan fingerprint density at radius 1 is 0.926 bits per heavy atom. The van der Waals surface area contributed by atoms with Crippen LogP contribution in [0.3, 0.4) is 0 Å². The number of benzene rings is 2. The fourth-order valence-corrected chi connectivity index (χ4v) is 4.27. The molecule has 0 atom stereocenters. The Labute approximate surface area is 162 Å². The van der Waals surface area contributed by atoms with Gasteiger partial charge in [0.2, 0.25) is 0 Å². The second-order valence-electron chi connectivity index (χ2n) is 7.38. The molecule has 144 valence electrons. The van der Waals surface area contributed by atoms with E-state index in [1.54, 1.807) is 11.1 Å². The summed E-state index contributed by atoms with van der Waals surface area (Å²) in [6.45, 7) is 0.367. The van der Waals surface area contributed by atoms with E-state index >= 15 is 0 Å². The number of carbonyl (C=O) groups excluding carboxylic acids is 1. The third kappa shape index (κ3) is 5.10. The third-order valence-corrected chi connectivity index (χ3v) is 5.66. The van der Waals surface area contributed by atoms with Gasteiger partial charge in [-0.1, -0.05) is 30.3 Å². The number of rotatable bonds is 3. The van der Waals surface area contributed by atoms with Gasteiger partial charge in [0.1, 0.15) is 11.8 Å². The SMILES string of the molecule is C[NH2+]c1cccc2c1CCCC2.O=C([O-])NCc1cccc2c1CCCC2. The number of fused-ring (bicyclic) bond motifs is 2. The number of carboxylic acid groups (broad SMARTS) is 1. The minimum Gasteiger partial charge on any atom is -0.530 e. The summed E-state index contributed by atoms with van der Waals surface area (Å²) >= 11 is 0. The molecule has 0 radical (unpaired) electrons. The average Bonchev–Trinajstić information content (AvgIpc) is 2.72. The van der Waals surface area contributed by atoms with Crippen LogP contribution < -0.4 is 15.7 Å². The predicted octanol–water partition coefficient (Wildman–Crippen LogP) is 2.39. The molecule has 0 spiro atoms. The van der Waals surface area contributed by atoms with Crippen molar-refractivity contribution >= 4 is 11.8 Å². The van der Waals surface area contributed by atoms with Gasteiger partial charge in [0.15, 0.2) is 0 Å². The number of hydrogen-bond donors (Lipinski definition) is 2. The van der Waals surface area contributed by atoms with E-state index in [2.05, 4.69) is 41.9 Å². The van der Waals surface area contributed by atoms with Gasteiger partial charge in [-0.15, -0.1) is 0 Å². The molecule has 0 unspecified atom stereocenters. The minimum absolute atomic E-state index is 0.367. The minimum atomic E-state index is -1.21. The van der Waals surface area contributed by atoms with Gasteiger partial charge in [-0.2, -0.15) is 0 Å². The molecule has 0 aliphatic heterocycles. The summed E-state index contributed by atoms with van der Waals surface area (Å²) in [6, 6.07) is 12.8. The summed E-state index contributed by atoms with van der Waals surface area (Å²) in [6.07, 6.45) is 8.75. The maximum atomic E-state index is 10.3. The van der Waals surface area contributed by atoms with E-state index in [0.717, 1.165) is 18.4 Å². The van der Waals surface area contributed by atoms with E-state index in [1.165, 1.54) is 55.3 Å². The molecular weight excluding hydrogens is 336 g/mol. The fraction of sp³-hybridized carbons (Fsp3) is 0.435. The Morgan fingerprint density at radius 2 is 1.52 bits per heavy atom. The number of nitrogens with two attached hydrogens (primary N) is 1. The lowest BCUT2D eigenvalue weighted by Crippen LogP contribution is -2.73. The summed E-state index contributed by atoms with van der Waals surface area (Å²) in [5.41, 5.74) is 8.43. The Kier molecular flexibility index (Phi) is 6.88. The first kappa shape index (κ1) is 19.4. The highest BCUT2D eigenvalue weighted by molar-refractivity contribution is 5.62. The highest BCUT2D eigenvalue weighted by atomic mass is 16.4. The van der Waals surface area contributed by atoms with Crippen LogP contribution in [-0.4, -0.2) is 13.1 Å². The molecule has 0 fully saturated rings. The predicted molar refractivity (Wildman–Crippen MR) is 106 cm³/mol. The van der Waals surface area contributed by atoms with Gasteiger partial charge in [-0.25, -0.2) is 0 Å². The van der Waals surface area contributed by atoms with E-state index < -0.39 is 6.09 Å². The maximum Gasteiger partial charge on any atom is 0.134 e. The van der Waals surface area contributed by atoms with Crippen molar-refractivity contribution < 1.29 is 15.2 Å². The van der Waals surface area contributed by atoms with Crippen molar-refractivity contribution in [3.05, 3.63) is 64.2 Å². The molecule has 2 aliphatic carbocycles. The molecular formula is C23H30N2O2. The van der Waals surface area contributed by atoms with E-state index in [1.807, 2.05) is 12.1 Å².